The van der Waals surface area contributed by atoms with Crippen LogP contribution in [0.2, 0.25) is 6.32 Å². The van der Waals surface area contributed by atoms with Gasteiger partial charge in [0.25, 0.3) is 0 Å². The molecule has 0 aliphatic rings. The molecule has 0 unspecified atom stereocenters. The van der Waals surface area contributed by atoms with E-state index in [9.17, 15) is 15.2 Å². The van der Waals surface area contributed by atoms with E-state index in [1.807, 2.05) is 45.0 Å². The summed E-state index contributed by atoms with van der Waals surface area (Å²) in [5.41, 5.74) is 1.89. The maximum absolute atomic E-state index is 10.5. The molecule has 0 aliphatic heterocycles. The zero-order valence-electron chi connectivity index (χ0n) is 19.7. The van der Waals surface area contributed by atoms with Gasteiger partial charge in [0.1, 0.15) is 0 Å². The standard InChI is InChI=1S/C24H36BNO6/c1-6-9-31-23-11-18(7-8-22(23)30-5)19-10-20(15-26-14-19)21(16-27)13-25(29)32-24(3,4)12-17(2)28/h7-8,10-11,14-15,17,21,27-29H,6,9,12-13,16H2,1-5H3/t17-,21-/m1/s1. The van der Waals surface area contributed by atoms with Crippen molar-refractivity contribution in [2.75, 3.05) is 20.3 Å². The van der Waals surface area contributed by atoms with Gasteiger partial charge in [0.2, 0.25) is 0 Å². The highest BCUT2D eigenvalue weighted by atomic mass is 16.5. The molecule has 0 radical (unpaired) electrons. The van der Waals surface area contributed by atoms with Crippen molar-refractivity contribution in [3.8, 4) is 22.6 Å². The molecule has 32 heavy (non-hydrogen) atoms. The topological polar surface area (TPSA) is 101 Å². The summed E-state index contributed by atoms with van der Waals surface area (Å²) in [6.45, 7) is 7.80. The molecule has 0 amide bonds. The normalized spacial score (nSPS) is 13.5. The summed E-state index contributed by atoms with van der Waals surface area (Å²) in [5.74, 6) is 0.980. The van der Waals surface area contributed by atoms with Gasteiger partial charge in [0.15, 0.2) is 11.5 Å². The molecule has 7 nitrogen and oxygen atoms in total. The summed E-state index contributed by atoms with van der Waals surface area (Å²) in [4.78, 5) is 4.35. The molecule has 0 spiro atoms. The number of aliphatic hydroxyl groups excluding tert-OH is 2. The smallest absolute Gasteiger partial charge is 0.455 e. The van der Waals surface area contributed by atoms with Crippen molar-refractivity contribution < 1.29 is 29.4 Å². The molecule has 2 rings (SSSR count). The number of nitrogens with zero attached hydrogens (tertiary/aromatic N) is 1. The molecular weight excluding hydrogens is 409 g/mol. The molecule has 2 atom stereocenters. The van der Waals surface area contributed by atoms with Crippen LogP contribution in [-0.4, -0.2) is 59.4 Å². The predicted octanol–water partition coefficient (Wildman–Crippen LogP) is 3.67. The van der Waals surface area contributed by atoms with Crippen LogP contribution in [0.5, 0.6) is 11.5 Å². The molecule has 176 valence electrons. The van der Waals surface area contributed by atoms with Crippen molar-refractivity contribution in [2.45, 2.75) is 64.5 Å². The van der Waals surface area contributed by atoms with E-state index < -0.39 is 18.8 Å². The second-order valence-electron chi connectivity index (χ2n) is 8.72. The Morgan fingerprint density at radius 3 is 2.50 bits per heavy atom. The first-order valence-corrected chi connectivity index (χ1v) is 11.1. The average molecular weight is 445 g/mol. The first kappa shape index (κ1) is 26.1. The fourth-order valence-electron chi connectivity index (χ4n) is 3.76. The van der Waals surface area contributed by atoms with Gasteiger partial charge in [-0.25, -0.2) is 0 Å². The molecule has 1 heterocycles. The summed E-state index contributed by atoms with van der Waals surface area (Å²) in [6, 6.07) is 7.66. The van der Waals surface area contributed by atoms with Crippen molar-refractivity contribution in [1.29, 1.82) is 0 Å². The molecule has 3 N–H and O–H groups in total. The van der Waals surface area contributed by atoms with Crippen LogP contribution >= 0.6 is 0 Å². The highest BCUT2D eigenvalue weighted by Crippen LogP contribution is 2.34. The number of hydrogen-bond donors (Lipinski definition) is 3. The van der Waals surface area contributed by atoms with Crippen LogP contribution < -0.4 is 9.47 Å². The second kappa shape index (κ2) is 12.2. The molecule has 1 aromatic carbocycles. The van der Waals surface area contributed by atoms with Crippen molar-refractivity contribution in [2.24, 2.45) is 0 Å². The summed E-state index contributed by atoms with van der Waals surface area (Å²) in [6.07, 6.45) is 4.39. The van der Waals surface area contributed by atoms with Gasteiger partial charge in [0.05, 0.1) is 25.4 Å². The minimum Gasteiger partial charge on any atom is -0.493 e. The number of benzene rings is 1. The highest BCUT2D eigenvalue weighted by molar-refractivity contribution is 6.43. The molecule has 0 aliphatic carbocycles. The Balaban J connectivity index is 2.20. The van der Waals surface area contributed by atoms with Crippen molar-refractivity contribution in [1.82, 2.24) is 4.98 Å². The Hall–Kier alpha value is -2.13. The van der Waals surface area contributed by atoms with E-state index in [-0.39, 0.29) is 18.8 Å². The first-order chi connectivity index (χ1) is 15.2. The number of pyridine rings is 1. The van der Waals surface area contributed by atoms with E-state index in [1.165, 1.54) is 0 Å². The number of ether oxygens (including phenoxy) is 2. The fourth-order valence-corrected chi connectivity index (χ4v) is 3.76. The quantitative estimate of drug-likeness (QED) is 0.405. The Kier molecular flexibility index (Phi) is 9.97. The van der Waals surface area contributed by atoms with Crippen LogP contribution in [-0.2, 0) is 4.65 Å². The van der Waals surface area contributed by atoms with E-state index in [1.54, 1.807) is 26.4 Å². The lowest BCUT2D eigenvalue weighted by Gasteiger charge is -2.29. The zero-order chi connectivity index (χ0) is 23.7. The van der Waals surface area contributed by atoms with Crippen molar-refractivity contribution in [3.63, 3.8) is 0 Å². The number of methoxy groups -OCH3 is 1. The summed E-state index contributed by atoms with van der Waals surface area (Å²) in [5, 5.41) is 30.0. The minimum atomic E-state index is -1.08. The number of rotatable bonds is 13. The summed E-state index contributed by atoms with van der Waals surface area (Å²) in [7, 11) is 0.525. The van der Waals surface area contributed by atoms with Crippen LogP contribution in [0.25, 0.3) is 11.1 Å². The van der Waals surface area contributed by atoms with Crippen molar-refractivity contribution >= 4 is 7.12 Å². The second-order valence-corrected chi connectivity index (χ2v) is 8.72. The fraction of sp³-hybridized carbons (Fsp3) is 0.542. The number of aromatic nitrogens is 1. The Labute approximate surface area is 191 Å². The zero-order valence-corrected chi connectivity index (χ0v) is 19.7. The molecule has 0 bridgehead atoms. The summed E-state index contributed by atoms with van der Waals surface area (Å²) >= 11 is 0. The van der Waals surface area contributed by atoms with Crippen LogP contribution in [0.1, 0.15) is 52.0 Å². The van der Waals surface area contributed by atoms with Gasteiger partial charge in [-0.2, -0.15) is 0 Å². The van der Waals surface area contributed by atoms with E-state index >= 15 is 0 Å². The lowest BCUT2D eigenvalue weighted by atomic mass is 9.74. The Morgan fingerprint density at radius 1 is 1.12 bits per heavy atom. The molecule has 2 aromatic rings. The highest BCUT2D eigenvalue weighted by Gasteiger charge is 2.30. The van der Waals surface area contributed by atoms with Crippen molar-refractivity contribution in [3.05, 3.63) is 42.2 Å². The monoisotopic (exact) mass is 445 g/mol. The summed E-state index contributed by atoms with van der Waals surface area (Å²) < 4.78 is 16.9. The van der Waals surface area contributed by atoms with E-state index in [2.05, 4.69) is 4.98 Å². The Bertz CT molecular complexity index is 845. The minimum absolute atomic E-state index is 0.157. The van der Waals surface area contributed by atoms with E-state index in [0.29, 0.717) is 24.5 Å². The van der Waals surface area contributed by atoms with Crippen LogP contribution in [0.15, 0.2) is 36.7 Å². The molecule has 0 fully saturated rings. The maximum atomic E-state index is 10.5. The molecule has 0 saturated heterocycles. The molecule has 8 heteroatoms. The molecule has 0 saturated carbocycles. The number of hydrogen-bond acceptors (Lipinski definition) is 7. The largest absolute Gasteiger partial charge is 0.493 e. The van der Waals surface area contributed by atoms with Gasteiger partial charge >= 0.3 is 7.12 Å². The van der Waals surface area contributed by atoms with Gasteiger partial charge in [-0.1, -0.05) is 13.0 Å². The van der Waals surface area contributed by atoms with E-state index in [0.717, 1.165) is 23.1 Å². The third-order valence-corrected chi connectivity index (χ3v) is 5.14. The van der Waals surface area contributed by atoms with Gasteiger partial charge in [0, 0.05) is 36.9 Å². The average Bonchev–Trinajstić information content (AvgIpc) is 2.74. The third-order valence-electron chi connectivity index (χ3n) is 5.14. The van der Waals surface area contributed by atoms with Crippen LogP contribution in [0.3, 0.4) is 0 Å². The van der Waals surface area contributed by atoms with Crippen LogP contribution in [0.4, 0.5) is 0 Å². The number of aliphatic hydroxyl groups is 2. The van der Waals surface area contributed by atoms with Gasteiger partial charge in [-0.05, 0) is 62.8 Å². The molecule has 1 aromatic heterocycles. The van der Waals surface area contributed by atoms with Crippen LogP contribution in [0, 0.1) is 0 Å². The third kappa shape index (κ3) is 7.78. The predicted molar refractivity (Wildman–Crippen MR) is 126 cm³/mol. The van der Waals surface area contributed by atoms with Gasteiger partial charge < -0.3 is 29.4 Å². The first-order valence-electron chi connectivity index (χ1n) is 11.1. The lowest BCUT2D eigenvalue weighted by Crippen LogP contribution is -2.37. The Morgan fingerprint density at radius 2 is 1.88 bits per heavy atom. The SMILES string of the molecule is CCCOc1cc(-c2cncc([C@@H](CO)CB(O)OC(C)(C)C[C@@H](C)O)c2)ccc1OC. The van der Waals surface area contributed by atoms with E-state index in [4.69, 9.17) is 14.1 Å². The lowest BCUT2D eigenvalue weighted by molar-refractivity contribution is 0.0285. The maximum Gasteiger partial charge on any atom is 0.455 e. The molecular formula is C24H36BNO6. The van der Waals surface area contributed by atoms with Gasteiger partial charge in [-0.15, -0.1) is 0 Å². The van der Waals surface area contributed by atoms with Gasteiger partial charge in [-0.3, -0.25) is 4.98 Å².